The number of benzene rings is 2. The normalized spacial score (nSPS) is 15.6. The van der Waals surface area contributed by atoms with Gasteiger partial charge in [-0.3, -0.25) is 20.2 Å². The number of rotatable bonds is 13. The zero-order valence-electron chi connectivity index (χ0n) is 30.5. The highest BCUT2D eigenvalue weighted by molar-refractivity contribution is 6.78. The van der Waals surface area contributed by atoms with E-state index in [0.29, 0.717) is 12.1 Å². The van der Waals surface area contributed by atoms with Gasteiger partial charge in [-0.2, -0.15) is 0 Å². The molecule has 2 N–H and O–H groups in total. The number of carbonyl (C=O) groups is 2. The van der Waals surface area contributed by atoms with Crippen LogP contribution in [-0.4, -0.2) is 63.3 Å². The number of nitrogens with zero attached hydrogens (tertiary/aromatic N) is 2. The summed E-state index contributed by atoms with van der Waals surface area (Å²) in [6.45, 7) is 23.7. The van der Waals surface area contributed by atoms with E-state index in [1.165, 1.54) is 24.1 Å². The molecule has 0 saturated carbocycles. The molecule has 1 aliphatic heterocycles. The summed E-state index contributed by atoms with van der Waals surface area (Å²) in [5, 5.41) is 23.9. The molecule has 2 aromatic carbocycles. The fourth-order valence-electron chi connectivity index (χ4n) is 6.44. The molecule has 11 nitrogen and oxygen atoms in total. The maximum Gasteiger partial charge on any atom is 0.409 e. The smallest absolute Gasteiger partial charge is 0.409 e. The van der Waals surface area contributed by atoms with Crippen LogP contribution >= 0.6 is 0 Å². The highest BCUT2D eigenvalue weighted by Gasteiger charge is 2.48. The highest BCUT2D eigenvalue weighted by atomic mass is 28.4. The second-order valence-corrected chi connectivity index (χ2v) is 25.2. The van der Waals surface area contributed by atoms with E-state index >= 15 is 0 Å². The van der Waals surface area contributed by atoms with Gasteiger partial charge >= 0.3 is 6.09 Å². The molecule has 0 aliphatic carbocycles. The van der Waals surface area contributed by atoms with E-state index in [2.05, 4.69) is 80.7 Å². The molecule has 3 rings (SSSR count). The average molecular weight is 700 g/mol. The molecule has 2 aromatic rings. The van der Waals surface area contributed by atoms with Gasteiger partial charge in [0.15, 0.2) is 19.8 Å². The third kappa shape index (κ3) is 8.12. The number of carboxylic acid groups (broad SMARTS) is 1. The van der Waals surface area contributed by atoms with E-state index in [-0.39, 0.29) is 51.0 Å². The minimum atomic E-state index is -2.52. The van der Waals surface area contributed by atoms with Crippen LogP contribution in [0.5, 0.6) is 11.5 Å². The molecule has 2 amide bonds. The van der Waals surface area contributed by atoms with E-state index in [1.54, 1.807) is 30.5 Å². The van der Waals surface area contributed by atoms with Gasteiger partial charge in [-0.15, -0.1) is 0 Å². The van der Waals surface area contributed by atoms with Crippen LogP contribution < -0.4 is 14.5 Å². The van der Waals surface area contributed by atoms with Crippen molar-refractivity contribution in [3.8, 4) is 11.5 Å². The van der Waals surface area contributed by atoms with Crippen LogP contribution in [0.1, 0.15) is 84.7 Å². The Morgan fingerprint density at radius 1 is 1.02 bits per heavy atom. The Morgan fingerprint density at radius 2 is 1.58 bits per heavy atom. The lowest BCUT2D eigenvalue weighted by Crippen LogP contribution is -2.50. The molecule has 1 heterocycles. The summed E-state index contributed by atoms with van der Waals surface area (Å²) in [6.07, 6.45) is 1.00. The lowest BCUT2D eigenvalue weighted by atomic mass is 10.0. The number of ether oxygens (including phenoxy) is 1. The van der Waals surface area contributed by atoms with Crippen molar-refractivity contribution in [2.45, 2.75) is 110 Å². The largest absolute Gasteiger partial charge is 0.540 e. The van der Waals surface area contributed by atoms with Gasteiger partial charge in [0.2, 0.25) is 0 Å². The number of hydrogen-bond acceptors (Lipinski definition) is 7. The number of methoxy groups -OCH3 is 1. The van der Waals surface area contributed by atoms with Gasteiger partial charge in [-0.1, -0.05) is 74.4 Å². The second-order valence-electron chi connectivity index (χ2n) is 15.0. The van der Waals surface area contributed by atoms with Crippen LogP contribution in [-0.2, 0) is 4.43 Å². The Labute approximate surface area is 287 Å². The van der Waals surface area contributed by atoms with Gasteiger partial charge in [-0.25, -0.2) is 4.79 Å². The standard InChI is InChI=1S/C35H53N3O8Si2/c1-22(2)48(23(3)4,24(5)6)46-32-19-30(38(42)43)29(18-31(32)44-10)33(39)37-20-26(25-13-15-27(16-14-25)36-34(40)41)17-28(37)21-45-47(11,12)35(7,8)9/h13-16,18-20,22-24,28,36H,17,21H2,1-12H3,(H,40,41)/t28-/m0/s1. The summed E-state index contributed by atoms with van der Waals surface area (Å²) >= 11 is 0. The number of nitro groups is 1. The number of carbonyl (C=O) groups excluding carboxylic acids is 1. The Morgan fingerprint density at radius 3 is 2.04 bits per heavy atom. The third-order valence-corrected chi connectivity index (χ3v) is 20.5. The summed E-state index contributed by atoms with van der Waals surface area (Å²) < 4.78 is 19.1. The lowest BCUT2D eigenvalue weighted by molar-refractivity contribution is -0.385. The minimum absolute atomic E-state index is 0.0633. The Hall–Kier alpha value is -3.69. The molecule has 13 heteroatoms. The number of nitro benzene ring substituents is 1. The van der Waals surface area contributed by atoms with Crippen LogP contribution in [0, 0.1) is 10.1 Å². The Bertz CT molecular complexity index is 1510. The molecule has 0 bridgehead atoms. The molecular weight excluding hydrogens is 647 g/mol. The van der Waals surface area contributed by atoms with E-state index in [0.717, 1.165) is 11.1 Å². The molecule has 0 aromatic heterocycles. The fraction of sp³-hybridized carbons (Fsp3) is 0.543. The number of amides is 2. The number of nitrogens with one attached hydrogen (secondary N) is 1. The summed E-state index contributed by atoms with van der Waals surface area (Å²) in [5.41, 5.74) is 2.22. The average Bonchev–Trinajstić information content (AvgIpc) is 3.41. The van der Waals surface area contributed by atoms with Crippen molar-refractivity contribution in [2.24, 2.45) is 0 Å². The fourth-order valence-corrected chi connectivity index (χ4v) is 12.7. The Balaban J connectivity index is 2.12. The summed E-state index contributed by atoms with van der Waals surface area (Å²) in [6, 6.07) is 9.21. The van der Waals surface area contributed by atoms with Crippen molar-refractivity contribution >= 4 is 45.6 Å². The SMILES string of the molecule is COc1cc(C(=O)N2C=C(c3ccc(NC(=O)O)cc3)C[C@H]2CO[Si](C)(C)C(C)(C)C)c([N+](=O)[O-])cc1O[Si](C(C)C)(C(C)C)C(C)C. The predicted molar refractivity (Wildman–Crippen MR) is 195 cm³/mol. The van der Waals surface area contributed by atoms with Gasteiger partial charge in [0, 0.05) is 18.0 Å². The van der Waals surface area contributed by atoms with Crippen LogP contribution in [0.4, 0.5) is 16.2 Å². The molecule has 0 fully saturated rings. The zero-order chi connectivity index (χ0) is 36.4. The highest BCUT2D eigenvalue weighted by Crippen LogP contribution is 2.47. The maximum atomic E-state index is 14.4. The quantitative estimate of drug-likeness (QED) is 0.120. The molecular formula is C35H53N3O8Si2. The first-order chi connectivity index (χ1) is 22.2. The lowest BCUT2D eigenvalue weighted by Gasteiger charge is -2.42. The van der Waals surface area contributed by atoms with Crippen LogP contribution in [0.25, 0.3) is 5.57 Å². The van der Waals surface area contributed by atoms with Gasteiger partial charge in [0.05, 0.1) is 30.7 Å². The topological polar surface area (TPSA) is 140 Å². The predicted octanol–water partition coefficient (Wildman–Crippen LogP) is 9.52. The first-order valence-corrected chi connectivity index (χ1v) is 21.5. The van der Waals surface area contributed by atoms with E-state index < -0.39 is 39.6 Å². The van der Waals surface area contributed by atoms with Crippen LogP contribution in [0.3, 0.4) is 0 Å². The van der Waals surface area contributed by atoms with Crippen LogP contribution in [0.15, 0.2) is 42.6 Å². The van der Waals surface area contributed by atoms with Gasteiger partial charge in [0.1, 0.15) is 5.56 Å². The zero-order valence-corrected chi connectivity index (χ0v) is 32.5. The van der Waals surface area contributed by atoms with Crippen molar-refractivity contribution in [1.82, 2.24) is 4.90 Å². The molecule has 0 unspecified atom stereocenters. The first-order valence-electron chi connectivity index (χ1n) is 16.5. The summed E-state index contributed by atoms with van der Waals surface area (Å²) in [4.78, 5) is 39.1. The molecule has 48 heavy (non-hydrogen) atoms. The minimum Gasteiger partial charge on any atom is -0.540 e. The van der Waals surface area contributed by atoms with Gasteiger partial charge < -0.3 is 23.6 Å². The summed E-state index contributed by atoms with van der Waals surface area (Å²) in [7, 11) is -3.25. The van der Waals surface area contributed by atoms with Gasteiger partial charge in [-0.05, 0) is 64.4 Å². The van der Waals surface area contributed by atoms with Crippen molar-refractivity contribution in [3.05, 3.63) is 63.8 Å². The molecule has 1 atom stereocenters. The number of anilines is 1. The monoisotopic (exact) mass is 699 g/mol. The van der Waals surface area contributed by atoms with E-state index in [9.17, 15) is 19.7 Å². The Kier molecular flexibility index (Phi) is 12.0. The van der Waals surface area contributed by atoms with Gasteiger partial charge in [0.25, 0.3) is 19.9 Å². The van der Waals surface area contributed by atoms with E-state index in [4.69, 9.17) is 18.7 Å². The number of hydrogen-bond donors (Lipinski definition) is 2. The van der Waals surface area contributed by atoms with Crippen molar-refractivity contribution in [3.63, 3.8) is 0 Å². The van der Waals surface area contributed by atoms with E-state index in [1.807, 2.05) is 0 Å². The third-order valence-electron chi connectivity index (χ3n) is 10.0. The molecule has 1 aliphatic rings. The first kappa shape index (κ1) is 38.8. The molecule has 0 saturated heterocycles. The van der Waals surface area contributed by atoms with Crippen molar-refractivity contribution < 1.29 is 33.2 Å². The van der Waals surface area contributed by atoms with Crippen LogP contribution in [0.2, 0.25) is 34.8 Å². The molecule has 0 radical (unpaired) electrons. The second kappa shape index (κ2) is 14.8. The van der Waals surface area contributed by atoms with Crippen molar-refractivity contribution in [1.29, 1.82) is 0 Å². The maximum absolute atomic E-state index is 14.4. The molecule has 0 spiro atoms. The van der Waals surface area contributed by atoms with Crippen molar-refractivity contribution in [2.75, 3.05) is 19.0 Å². The molecule has 264 valence electrons. The summed E-state index contributed by atoms with van der Waals surface area (Å²) in [5.74, 6) is -0.00885.